The average Bonchev–Trinajstić information content (AvgIpc) is 3.14. The van der Waals surface area contributed by atoms with Crippen molar-refractivity contribution in [3.05, 3.63) is 124 Å². The maximum Gasteiger partial charge on any atom is 0.412 e. The topological polar surface area (TPSA) is 181 Å². The van der Waals surface area contributed by atoms with Crippen molar-refractivity contribution in [1.29, 1.82) is 0 Å². The maximum atomic E-state index is 12.8. The molecule has 4 aromatic carbocycles. The Balaban J connectivity index is 1.01. The van der Waals surface area contributed by atoms with E-state index in [2.05, 4.69) is 15.6 Å². The molecule has 0 bridgehead atoms. The van der Waals surface area contributed by atoms with E-state index in [1.165, 1.54) is 17.0 Å². The summed E-state index contributed by atoms with van der Waals surface area (Å²) in [5.41, 5.74) is 11.8. The second kappa shape index (κ2) is 16.7. The molecule has 1 fully saturated rings. The Morgan fingerprint density at radius 2 is 1.63 bits per heavy atom. The molecule has 1 atom stereocenters. The Morgan fingerprint density at radius 1 is 0.904 bits per heavy atom. The Bertz CT molecular complexity index is 2060. The van der Waals surface area contributed by atoms with Crippen LogP contribution < -0.4 is 26.8 Å². The van der Waals surface area contributed by atoms with Crippen LogP contribution in [0.1, 0.15) is 61.3 Å². The number of carbonyl (C=O) groups is 2. The number of nitrogens with one attached hydrogen (secondary N) is 3. The van der Waals surface area contributed by atoms with Gasteiger partial charge in [-0.25, -0.2) is 4.79 Å². The number of nitrogens with two attached hydrogens (primary N) is 1. The van der Waals surface area contributed by atoms with Crippen LogP contribution in [0.5, 0.6) is 5.75 Å². The Kier molecular flexibility index (Phi) is 11.6. The number of rotatable bonds is 13. The summed E-state index contributed by atoms with van der Waals surface area (Å²) in [6.07, 6.45) is 2.84. The van der Waals surface area contributed by atoms with Crippen LogP contribution in [0, 0.1) is 0 Å². The number of aliphatic hydroxyl groups is 1. The molecule has 6 rings (SSSR count). The SMILES string of the molecule is NC1CCC(N(C(=O)O)c2ccc(CCCC(=O)Nc3ccc(CNC[C@H](O)c4ccc(O)c5[nH]c(=O)ccc45)cc3)cc2-c2ccccc2)CC1. The van der Waals surface area contributed by atoms with Gasteiger partial charge in [0.1, 0.15) is 5.75 Å². The molecule has 1 aromatic heterocycles. The van der Waals surface area contributed by atoms with Crippen LogP contribution in [-0.2, 0) is 17.8 Å². The smallest absolute Gasteiger partial charge is 0.412 e. The lowest BCUT2D eigenvalue weighted by Gasteiger charge is -2.35. The van der Waals surface area contributed by atoms with Gasteiger partial charge in [0.25, 0.3) is 0 Å². The molecule has 1 heterocycles. The molecule has 1 saturated carbocycles. The number of aromatic nitrogens is 1. The third-order valence-corrected chi connectivity index (χ3v) is 9.76. The highest BCUT2D eigenvalue weighted by molar-refractivity contribution is 5.94. The van der Waals surface area contributed by atoms with Crippen LogP contribution in [0.15, 0.2) is 102 Å². The van der Waals surface area contributed by atoms with Gasteiger partial charge in [-0.3, -0.25) is 14.5 Å². The summed E-state index contributed by atoms with van der Waals surface area (Å²) < 4.78 is 0. The normalized spacial score (nSPS) is 16.3. The van der Waals surface area contributed by atoms with Gasteiger partial charge in [-0.05, 0) is 97.2 Å². The third-order valence-electron chi connectivity index (χ3n) is 9.76. The minimum atomic E-state index is -0.968. The number of phenolic OH excluding ortho intramolecular Hbond substituents is 1. The fourth-order valence-electron chi connectivity index (χ4n) is 7.01. The lowest BCUT2D eigenvalue weighted by Crippen LogP contribution is -2.44. The monoisotopic (exact) mass is 703 g/mol. The Morgan fingerprint density at radius 3 is 2.37 bits per heavy atom. The van der Waals surface area contributed by atoms with Gasteiger partial charge in [0, 0.05) is 54.3 Å². The molecule has 52 heavy (non-hydrogen) atoms. The predicted molar refractivity (Wildman–Crippen MR) is 204 cm³/mol. The molecule has 0 radical (unpaired) electrons. The standard InChI is InChI=1S/C41H45N5O6/c42-29-12-16-31(17-13-29)46(41(51)52)35-20-11-26(23-34(35)28-6-2-1-3-7-28)5-4-8-38(49)44-30-14-9-27(10-15-30)24-43-25-37(48)32-18-21-36(47)40-33(32)19-22-39(50)45-40/h1-3,6-7,9-11,14-15,18-23,29,31,37,43,47-48H,4-5,8,12-13,16-17,24-25,42H2,(H,44,49)(H,45,50)(H,51,52)/t29?,31?,37-/m0/s1. The number of carbonyl (C=O) groups excluding carboxylic acids is 1. The van der Waals surface area contributed by atoms with E-state index in [1.54, 1.807) is 12.1 Å². The first kappa shape index (κ1) is 36.3. The van der Waals surface area contributed by atoms with Gasteiger partial charge in [0.05, 0.1) is 17.3 Å². The second-order valence-electron chi connectivity index (χ2n) is 13.5. The number of amides is 2. The van der Waals surface area contributed by atoms with Crippen LogP contribution in [0.2, 0.25) is 0 Å². The molecule has 2 amide bonds. The summed E-state index contributed by atoms with van der Waals surface area (Å²) in [6.45, 7) is 0.738. The van der Waals surface area contributed by atoms with E-state index in [9.17, 15) is 29.7 Å². The molecular formula is C41H45N5O6. The largest absolute Gasteiger partial charge is 0.506 e. The summed E-state index contributed by atoms with van der Waals surface area (Å²) in [6, 6.07) is 29.2. The van der Waals surface area contributed by atoms with Crippen LogP contribution in [0.25, 0.3) is 22.0 Å². The lowest BCUT2D eigenvalue weighted by atomic mass is 9.89. The minimum absolute atomic E-state index is 0.0571. The number of aromatic amines is 1. The fraction of sp³-hybridized carbons (Fsp3) is 0.293. The van der Waals surface area contributed by atoms with E-state index in [1.807, 2.05) is 72.8 Å². The van der Waals surface area contributed by atoms with Crippen LogP contribution in [-0.4, -0.2) is 50.9 Å². The molecule has 0 unspecified atom stereocenters. The quantitative estimate of drug-likeness (QED) is 0.0732. The van der Waals surface area contributed by atoms with E-state index < -0.39 is 12.2 Å². The summed E-state index contributed by atoms with van der Waals surface area (Å²) in [5.74, 6) is -0.151. The van der Waals surface area contributed by atoms with Gasteiger partial charge in [-0.15, -0.1) is 0 Å². The number of pyridine rings is 1. The number of aliphatic hydroxyl groups excluding tert-OH is 1. The minimum Gasteiger partial charge on any atom is -0.506 e. The number of carboxylic acid groups (broad SMARTS) is 1. The molecular weight excluding hydrogens is 658 g/mol. The van der Waals surface area contributed by atoms with Crippen molar-refractivity contribution in [1.82, 2.24) is 10.3 Å². The number of hydrogen-bond donors (Lipinski definition) is 7. The van der Waals surface area contributed by atoms with Gasteiger partial charge in [0.15, 0.2) is 0 Å². The molecule has 0 aliphatic heterocycles. The van der Waals surface area contributed by atoms with E-state index >= 15 is 0 Å². The fourth-order valence-corrected chi connectivity index (χ4v) is 7.01. The molecule has 1 aliphatic rings. The number of H-pyrrole nitrogens is 1. The van der Waals surface area contributed by atoms with E-state index in [0.29, 0.717) is 48.1 Å². The van der Waals surface area contributed by atoms with Crippen molar-refractivity contribution < 1.29 is 24.9 Å². The number of fused-ring (bicyclic) bond motifs is 1. The van der Waals surface area contributed by atoms with Crippen molar-refractivity contribution in [2.24, 2.45) is 5.73 Å². The van der Waals surface area contributed by atoms with Crippen molar-refractivity contribution in [3.63, 3.8) is 0 Å². The van der Waals surface area contributed by atoms with Crippen molar-refractivity contribution in [2.75, 3.05) is 16.8 Å². The zero-order chi connectivity index (χ0) is 36.6. The van der Waals surface area contributed by atoms with Gasteiger partial charge < -0.3 is 36.7 Å². The van der Waals surface area contributed by atoms with E-state index in [4.69, 9.17) is 5.73 Å². The molecule has 270 valence electrons. The van der Waals surface area contributed by atoms with Gasteiger partial charge in [0.2, 0.25) is 11.5 Å². The maximum absolute atomic E-state index is 12.8. The summed E-state index contributed by atoms with van der Waals surface area (Å²) in [5, 5.41) is 38.0. The molecule has 8 N–H and O–H groups in total. The number of benzene rings is 4. The molecule has 5 aromatic rings. The first-order valence-electron chi connectivity index (χ1n) is 17.7. The zero-order valence-corrected chi connectivity index (χ0v) is 28.9. The number of nitrogens with zero attached hydrogens (tertiary/aromatic N) is 1. The highest BCUT2D eigenvalue weighted by Crippen LogP contribution is 2.36. The summed E-state index contributed by atoms with van der Waals surface area (Å²) in [7, 11) is 0. The molecule has 11 heteroatoms. The van der Waals surface area contributed by atoms with Crippen molar-refractivity contribution in [2.45, 2.75) is 69.7 Å². The Hall–Kier alpha value is -5.49. The van der Waals surface area contributed by atoms with Crippen LogP contribution >= 0.6 is 0 Å². The van der Waals surface area contributed by atoms with Crippen LogP contribution in [0.4, 0.5) is 16.2 Å². The van der Waals surface area contributed by atoms with Gasteiger partial charge >= 0.3 is 6.09 Å². The van der Waals surface area contributed by atoms with Crippen molar-refractivity contribution >= 4 is 34.3 Å². The second-order valence-corrected chi connectivity index (χ2v) is 13.5. The van der Waals surface area contributed by atoms with Gasteiger partial charge in [-0.1, -0.05) is 54.6 Å². The summed E-state index contributed by atoms with van der Waals surface area (Å²) >= 11 is 0. The first-order valence-corrected chi connectivity index (χ1v) is 17.7. The number of hydrogen-bond acceptors (Lipinski definition) is 7. The first-order chi connectivity index (χ1) is 25.2. The Labute approximate surface area is 302 Å². The number of aromatic hydroxyl groups is 1. The molecule has 0 spiro atoms. The van der Waals surface area contributed by atoms with Crippen molar-refractivity contribution in [3.8, 4) is 16.9 Å². The lowest BCUT2D eigenvalue weighted by molar-refractivity contribution is -0.116. The number of anilines is 2. The van der Waals surface area contributed by atoms with E-state index in [-0.39, 0.29) is 41.4 Å². The van der Waals surface area contributed by atoms with Crippen LogP contribution in [0.3, 0.4) is 0 Å². The molecule has 1 aliphatic carbocycles. The zero-order valence-electron chi connectivity index (χ0n) is 28.9. The van der Waals surface area contributed by atoms with Gasteiger partial charge in [-0.2, -0.15) is 0 Å². The highest BCUT2D eigenvalue weighted by Gasteiger charge is 2.30. The molecule has 0 saturated heterocycles. The number of aryl methyl sites for hydroxylation is 1. The molecule has 11 nitrogen and oxygen atoms in total. The highest BCUT2D eigenvalue weighted by atomic mass is 16.4. The van der Waals surface area contributed by atoms with E-state index in [0.717, 1.165) is 47.9 Å². The number of phenols is 1. The average molecular weight is 704 g/mol. The third kappa shape index (κ3) is 8.86. The predicted octanol–water partition coefficient (Wildman–Crippen LogP) is 6.44. The summed E-state index contributed by atoms with van der Waals surface area (Å²) in [4.78, 5) is 41.2.